The molecule has 6 heteroatoms. The Kier molecular flexibility index (Phi) is 4.34. The number of nitrogens with zero attached hydrogens (tertiary/aromatic N) is 3. The molecule has 3 nitrogen and oxygen atoms in total. The predicted molar refractivity (Wildman–Crippen MR) is 107 cm³/mol. The summed E-state index contributed by atoms with van der Waals surface area (Å²) in [5.74, 6) is 0.785. The average molecular weight is 386 g/mol. The molecule has 0 amide bonds. The van der Waals surface area contributed by atoms with Crippen LogP contribution < -0.4 is 4.90 Å². The minimum Gasteiger partial charge on any atom is -0.329 e. The van der Waals surface area contributed by atoms with Crippen LogP contribution in [-0.4, -0.2) is 17.0 Å². The zero-order chi connectivity index (χ0) is 17.4. The summed E-state index contributed by atoms with van der Waals surface area (Å²) >= 11 is 13.8. The fourth-order valence-electron chi connectivity index (χ4n) is 2.76. The lowest BCUT2D eigenvalue weighted by atomic mass is 10.1. The van der Waals surface area contributed by atoms with Gasteiger partial charge in [-0.15, -0.1) is 11.3 Å². The Morgan fingerprint density at radius 3 is 2.36 bits per heavy atom. The Morgan fingerprint density at radius 1 is 0.920 bits per heavy atom. The zero-order valence-corrected chi connectivity index (χ0v) is 15.6. The molecule has 0 bridgehead atoms. The van der Waals surface area contributed by atoms with Crippen LogP contribution in [0.2, 0.25) is 10.3 Å². The molecule has 0 radical (unpaired) electrons. The summed E-state index contributed by atoms with van der Waals surface area (Å²) in [6, 6.07) is 17.8. The van der Waals surface area contributed by atoms with E-state index in [1.807, 2.05) is 66.5 Å². The molecule has 124 valence electrons. The van der Waals surface area contributed by atoms with Crippen molar-refractivity contribution in [1.29, 1.82) is 0 Å². The summed E-state index contributed by atoms with van der Waals surface area (Å²) in [5, 5.41) is 4.03. The van der Waals surface area contributed by atoms with E-state index in [1.165, 1.54) is 0 Å². The normalized spacial score (nSPS) is 11.0. The minimum absolute atomic E-state index is 0.245. The largest absolute Gasteiger partial charge is 0.329 e. The topological polar surface area (TPSA) is 29.0 Å². The summed E-state index contributed by atoms with van der Waals surface area (Å²) in [6.07, 6.45) is 0. The Balaban J connectivity index is 1.94. The summed E-state index contributed by atoms with van der Waals surface area (Å²) in [6.45, 7) is 0. The minimum atomic E-state index is 0.245. The molecule has 2 heterocycles. The van der Waals surface area contributed by atoms with Gasteiger partial charge in [0.2, 0.25) is 5.28 Å². The van der Waals surface area contributed by atoms with Crippen molar-refractivity contribution in [2.45, 2.75) is 0 Å². The summed E-state index contributed by atoms with van der Waals surface area (Å²) in [5.41, 5.74) is 3.18. The molecule has 0 fully saturated rings. The first-order valence-corrected chi connectivity index (χ1v) is 9.26. The number of halogens is 2. The summed E-state index contributed by atoms with van der Waals surface area (Å²) < 4.78 is 0. The molecule has 0 saturated carbocycles. The number of benzene rings is 2. The number of fused-ring (bicyclic) bond motifs is 1. The first kappa shape index (κ1) is 16.3. The van der Waals surface area contributed by atoms with Crippen LogP contribution in [-0.2, 0) is 0 Å². The third-order valence-corrected chi connectivity index (χ3v) is 5.30. The molecule has 0 atom stereocenters. The maximum Gasteiger partial charge on any atom is 0.225 e. The van der Waals surface area contributed by atoms with E-state index in [-0.39, 0.29) is 5.28 Å². The van der Waals surface area contributed by atoms with Crippen LogP contribution in [0.15, 0.2) is 60.0 Å². The predicted octanol–water partition coefficient (Wildman–Crippen LogP) is 6.43. The quantitative estimate of drug-likeness (QED) is 0.380. The number of hydrogen-bond acceptors (Lipinski definition) is 4. The molecule has 0 aliphatic carbocycles. The molecule has 0 N–H and O–H groups in total. The number of hydrogen-bond donors (Lipinski definition) is 0. The number of rotatable bonds is 3. The zero-order valence-electron chi connectivity index (χ0n) is 13.3. The molecule has 4 rings (SSSR count). The molecular weight excluding hydrogens is 373 g/mol. The average Bonchev–Trinajstić information content (AvgIpc) is 3.05. The van der Waals surface area contributed by atoms with E-state index >= 15 is 0 Å². The van der Waals surface area contributed by atoms with E-state index in [0.29, 0.717) is 5.02 Å². The fraction of sp³-hybridized carbons (Fsp3) is 0.0526. The number of para-hydroxylation sites is 1. The summed E-state index contributed by atoms with van der Waals surface area (Å²) in [7, 11) is 1.98. The Labute approximate surface area is 159 Å². The second kappa shape index (κ2) is 6.64. The Morgan fingerprint density at radius 2 is 1.64 bits per heavy atom. The van der Waals surface area contributed by atoms with E-state index < -0.39 is 0 Å². The highest BCUT2D eigenvalue weighted by Crippen LogP contribution is 2.40. The van der Waals surface area contributed by atoms with Crippen LogP contribution in [0.4, 0.5) is 11.5 Å². The lowest BCUT2D eigenvalue weighted by molar-refractivity contribution is 1.12. The van der Waals surface area contributed by atoms with E-state index in [0.717, 1.165) is 32.8 Å². The van der Waals surface area contributed by atoms with Crippen LogP contribution in [0.3, 0.4) is 0 Å². The van der Waals surface area contributed by atoms with Crippen LogP contribution in [0.25, 0.3) is 21.3 Å². The second-order valence-corrected chi connectivity index (χ2v) is 7.18. The van der Waals surface area contributed by atoms with Crippen LogP contribution in [0.5, 0.6) is 0 Å². The molecular formula is C19H13Cl2N3S. The van der Waals surface area contributed by atoms with Gasteiger partial charge in [0.15, 0.2) is 0 Å². The highest BCUT2D eigenvalue weighted by molar-refractivity contribution is 7.17. The van der Waals surface area contributed by atoms with Crippen LogP contribution in [0, 0.1) is 0 Å². The SMILES string of the molecule is CN(c1ccccc1)c1nc(Cl)nc2scc(-c3ccc(Cl)cc3)c12. The van der Waals surface area contributed by atoms with Gasteiger partial charge in [-0.3, -0.25) is 0 Å². The van der Waals surface area contributed by atoms with Crippen molar-refractivity contribution in [1.82, 2.24) is 9.97 Å². The van der Waals surface area contributed by atoms with Crippen molar-refractivity contribution in [2.24, 2.45) is 0 Å². The van der Waals surface area contributed by atoms with Crippen molar-refractivity contribution in [3.63, 3.8) is 0 Å². The fourth-order valence-corrected chi connectivity index (χ4v) is 4.04. The van der Waals surface area contributed by atoms with Gasteiger partial charge in [-0.25, -0.2) is 4.98 Å². The van der Waals surface area contributed by atoms with Crippen LogP contribution >= 0.6 is 34.5 Å². The van der Waals surface area contributed by atoms with Crippen molar-refractivity contribution in [2.75, 3.05) is 11.9 Å². The highest BCUT2D eigenvalue weighted by atomic mass is 35.5. The Bertz CT molecular complexity index is 1030. The van der Waals surface area contributed by atoms with Gasteiger partial charge in [0.25, 0.3) is 0 Å². The third-order valence-electron chi connectivity index (χ3n) is 4.00. The van der Waals surface area contributed by atoms with Gasteiger partial charge in [0.05, 0.1) is 5.39 Å². The maximum atomic E-state index is 6.17. The van der Waals surface area contributed by atoms with E-state index in [9.17, 15) is 0 Å². The van der Waals surface area contributed by atoms with E-state index in [4.69, 9.17) is 23.2 Å². The second-order valence-electron chi connectivity index (χ2n) is 5.55. The first-order valence-electron chi connectivity index (χ1n) is 7.63. The van der Waals surface area contributed by atoms with Gasteiger partial charge < -0.3 is 4.90 Å². The van der Waals surface area contributed by atoms with Gasteiger partial charge in [0, 0.05) is 28.7 Å². The van der Waals surface area contributed by atoms with E-state index in [1.54, 1.807) is 11.3 Å². The molecule has 0 unspecified atom stereocenters. The standard InChI is InChI=1S/C19H13Cl2N3S/c1-24(14-5-3-2-4-6-14)17-16-15(12-7-9-13(20)10-8-12)11-25-18(16)23-19(21)22-17/h2-11H,1H3. The number of thiophene rings is 1. The molecule has 4 aromatic rings. The molecule has 0 saturated heterocycles. The molecule has 2 aromatic carbocycles. The molecule has 2 aromatic heterocycles. The highest BCUT2D eigenvalue weighted by Gasteiger charge is 2.18. The monoisotopic (exact) mass is 385 g/mol. The van der Waals surface area contributed by atoms with Gasteiger partial charge in [-0.05, 0) is 41.4 Å². The number of aromatic nitrogens is 2. The van der Waals surface area contributed by atoms with Gasteiger partial charge in [-0.2, -0.15) is 4.98 Å². The number of anilines is 2. The summed E-state index contributed by atoms with van der Waals surface area (Å²) in [4.78, 5) is 11.8. The van der Waals surface area contributed by atoms with Gasteiger partial charge in [-0.1, -0.05) is 41.9 Å². The molecule has 0 aliphatic heterocycles. The maximum absolute atomic E-state index is 6.17. The third kappa shape index (κ3) is 3.09. The molecule has 0 aliphatic rings. The first-order chi connectivity index (χ1) is 12.1. The lowest BCUT2D eigenvalue weighted by Crippen LogP contribution is -2.12. The molecule has 25 heavy (non-hydrogen) atoms. The smallest absolute Gasteiger partial charge is 0.225 e. The van der Waals surface area contributed by atoms with E-state index in [2.05, 4.69) is 15.3 Å². The van der Waals surface area contributed by atoms with Crippen molar-refractivity contribution >= 4 is 56.3 Å². The van der Waals surface area contributed by atoms with Crippen LogP contribution in [0.1, 0.15) is 0 Å². The molecule has 0 spiro atoms. The van der Waals surface area contributed by atoms with Crippen molar-refractivity contribution in [3.8, 4) is 11.1 Å². The Hall–Kier alpha value is -2.14. The van der Waals surface area contributed by atoms with Gasteiger partial charge in [0.1, 0.15) is 10.6 Å². The van der Waals surface area contributed by atoms with Crippen molar-refractivity contribution in [3.05, 3.63) is 70.3 Å². The lowest BCUT2D eigenvalue weighted by Gasteiger charge is -2.20. The van der Waals surface area contributed by atoms with Gasteiger partial charge >= 0.3 is 0 Å². The van der Waals surface area contributed by atoms with Crippen molar-refractivity contribution < 1.29 is 0 Å².